The van der Waals surface area contributed by atoms with E-state index >= 15 is 0 Å². The number of H-pyrrole nitrogens is 1. The molecule has 160 valence electrons. The number of hydrogen-bond acceptors (Lipinski definition) is 5. The first-order chi connectivity index (χ1) is 14.7. The zero-order chi connectivity index (χ0) is 20.5. The van der Waals surface area contributed by atoms with Gasteiger partial charge in [0.05, 0.1) is 18.2 Å². The Morgan fingerprint density at radius 2 is 2.00 bits per heavy atom. The highest BCUT2D eigenvalue weighted by Crippen LogP contribution is 2.31. The highest BCUT2D eigenvalue weighted by molar-refractivity contribution is 7.08. The van der Waals surface area contributed by atoms with Crippen molar-refractivity contribution in [1.29, 1.82) is 0 Å². The van der Waals surface area contributed by atoms with Gasteiger partial charge in [0.15, 0.2) is 0 Å². The van der Waals surface area contributed by atoms with Crippen LogP contribution in [-0.2, 0) is 24.2 Å². The molecule has 1 saturated heterocycles. The van der Waals surface area contributed by atoms with Gasteiger partial charge in [-0.15, -0.1) is 0 Å². The second-order valence-electron chi connectivity index (χ2n) is 8.94. The van der Waals surface area contributed by atoms with Crippen molar-refractivity contribution in [3.05, 3.63) is 49.8 Å². The third kappa shape index (κ3) is 3.97. The van der Waals surface area contributed by atoms with E-state index in [4.69, 9.17) is 4.98 Å². The van der Waals surface area contributed by atoms with Crippen molar-refractivity contribution in [3.8, 4) is 0 Å². The van der Waals surface area contributed by atoms with E-state index in [0.717, 1.165) is 62.1 Å². The lowest BCUT2D eigenvalue weighted by molar-refractivity contribution is -0.134. The van der Waals surface area contributed by atoms with Gasteiger partial charge in [-0.05, 0) is 60.9 Å². The summed E-state index contributed by atoms with van der Waals surface area (Å²) in [5.41, 5.74) is 2.84. The molecule has 1 saturated carbocycles. The molecule has 2 aromatic rings. The average molecular weight is 427 g/mol. The first kappa shape index (κ1) is 19.9. The fourth-order valence-corrected chi connectivity index (χ4v) is 6.07. The third-order valence-corrected chi connectivity index (χ3v) is 7.77. The van der Waals surface area contributed by atoms with Gasteiger partial charge < -0.3 is 9.88 Å². The number of thiophene rings is 1. The number of fused-ring (bicyclic) bond motifs is 1. The molecule has 0 bridgehead atoms. The zero-order valence-corrected chi connectivity index (χ0v) is 18.3. The number of carbonyl (C=O) groups excluding carboxylic acids is 1. The number of aromatic amines is 1. The van der Waals surface area contributed by atoms with Gasteiger partial charge in [-0.3, -0.25) is 14.5 Å². The van der Waals surface area contributed by atoms with Crippen molar-refractivity contribution in [1.82, 2.24) is 19.8 Å². The summed E-state index contributed by atoms with van der Waals surface area (Å²) < 4.78 is 0. The maximum atomic E-state index is 13.1. The molecule has 0 aromatic carbocycles. The van der Waals surface area contributed by atoms with Crippen LogP contribution in [0.5, 0.6) is 0 Å². The molecule has 4 heterocycles. The summed E-state index contributed by atoms with van der Waals surface area (Å²) >= 11 is 1.62. The normalized spacial score (nSPS) is 22.9. The maximum Gasteiger partial charge on any atom is 0.254 e. The lowest BCUT2D eigenvalue weighted by Crippen LogP contribution is -2.43. The molecule has 3 aliphatic rings. The van der Waals surface area contributed by atoms with Crippen LogP contribution in [0, 0.1) is 0 Å². The second kappa shape index (κ2) is 8.63. The van der Waals surface area contributed by atoms with Crippen LogP contribution in [-0.4, -0.2) is 44.8 Å². The minimum absolute atomic E-state index is 0.00289. The van der Waals surface area contributed by atoms with Crippen LogP contribution in [0.25, 0.3) is 0 Å². The Morgan fingerprint density at radius 1 is 1.17 bits per heavy atom. The molecule has 1 aliphatic carbocycles. The molecule has 1 amide bonds. The molecule has 0 radical (unpaired) electrons. The van der Waals surface area contributed by atoms with Gasteiger partial charge in [-0.25, -0.2) is 4.98 Å². The van der Waals surface area contributed by atoms with Crippen molar-refractivity contribution in [2.75, 3.05) is 13.1 Å². The van der Waals surface area contributed by atoms with Crippen molar-refractivity contribution >= 4 is 17.2 Å². The molecule has 30 heavy (non-hydrogen) atoms. The second-order valence-corrected chi connectivity index (χ2v) is 9.72. The van der Waals surface area contributed by atoms with Crippen LogP contribution < -0.4 is 5.56 Å². The quantitative estimate of drug-likeness (QED) is 0.813. The minimum atomic E-state index is -0.121. The number of rotatable bonds is 4. The maximum absolute atomic E-state index is 13.1. The Labute approximate surface area is 181 Å². The Balaban J connectivity index is 1.39. The van der Waals surface area contributed by atoms with Crippen LogP contribution in [0.2, 0.25) is 0 Å². The topological polar surface area (TPSA) is 69.3 Å². The Hall–Kier alpha value is -1.99. The lowest BCUT2D eigenvalue weighted by atomic mass is 9.99. The predicted molar refractivity (Wildman–Crippen MR) is 118 cm³/mol. The van der Waals surface area contributed by atoms with Crippen molar-refractivity contribution in [2.24, 2.45) is 0 Å². The van der Waals surface area contributed by atoms with Crippen LogP contribution in [0.1, 0.15) is 73.6 Å². The molecule has 0 spiro atoms. The van der Waals surface area contributed by atoms with E-state index in [9.17, 15) is 9.59 Å². The Morgan fingerprint density at radius 3 is 2.80 bits per heavy atom. The zero-order valence-electron chi connectivity index (χ0n) is 17.4. The number of hydrogen-bond donors (Lipinski definition) is 1. The fourth-order valence-electron chi connectivity index (χ4n) is 5.40. The van der Waals surface area contributed by atoms with E-state index in [1.165, 1.54) is 25.7 Å². The molecule has 6 nitrogen and oxygen atoms in total. The molecule has 7 heteroatoms. The highest BCUT2D eigenvalue weighted by atomic mass is 32.1. The SMILES string of the molecule is O=C(Cc1ccsc1)N1CCCC[C@H]1c1nc2c(c(=O)[nH]1)CCN(C1CCCC1)C2. The van der Waals surface area contributed by atoms with Gasteiger partial charge in [-0.2, -0.15) is 11.3 Å². The highest BCUT2D eigenvalue weighted by Gasteiger charge is 2.32. The smallest absolute Gasteiger partial charge is 0.254 e. The lowest BCUT2D eigenvalue weighted by Gasteiger charge is -2.36. The Kier molecular flexibility index (Phi) is 5.74. The number of aromatic nitrogens is 2. The van der Waals surface area contributed by atoms with Crippen molar-refractivity contribution in [2.45, 2.75) is 76.4 Å². The van der Waals surface area contributed by atoms with Gasteiger partial charge in [0.1, 0.15) is 5.82 Å². The molecular formula is C23H30N4O2S. The first-order valence-electron chi connectivity index (χ1n) is 11.4. The standard InChI is InChI=1S/C23H30N4O2S/c28-21(13-16-9-12-30-15-16)27-10-4-3-7-20(27)22-24-19-14-26(17-5-1-2-6-17)11-8-18(19)23(29)25-22/h9,12,15,17,20H,1-8,10-11,13-14H2,(H,24,25,29)/t20-/m0/s1. The van der Waals surface area contributed by atoms with E-state index in [2.05, 4.69) is 9.88 Å². The monoisotopic (exact) mass is 426 g/mol. The summed E-state index contributed by atoms with van der Waals surface area (Å²) in [6, 6.07) is 2.53. The van der Waals surface area contributed by atoms with Crippen molar-refractivity contribution < 1.29 is 4.79 Å². The van der Waals surface area contributed by atoms with Crippen molar-refractivity contribution in [3.63, 3.8) is 0 Å². The van der Waals surface area contributed by atoms with E-state index in [0.29, 0.717) is 18.3 Å². The summed E-state index contributed by atoms with van der Waals surface area (Å²) in [7, 11) is 0. The summed E-state index contributed by atoms with van der Waals surface area (Å²) in [6.07, 6.45) is 9.28. The molecular weight excluding hydrogens is 396 g/mol. The summed E-state index contributed by atoms with van der Waals surface area (Å²) in [6.45, 7) is 2.46. The van der Waals surface area contributed by atoms with E-state index in [-0.39, 0.29) is 17.5 Å². The van der Waals surface area contributed by atoms with Gasteiger partial charge in [0.2, 0.25) is 5.91 Å². The summed E-state index contributed by atoms with van der Waals surface area (Å²) in [5, 5.41) is 4.04. The van der Waals surface area contributed by atoms with E-state index < -0.39 is 0 Å². The van der Waals surface area contributed by atoms with E-state index in [1.54, 1.807) is 11.3 Å². The van der Waals surface area contributed by atoms with E-state index in [1.807, 2.05) is 21.7 Å². The Bertz CT molecular complexity index is 949. The number of nitrogens with zero attached hydrogens (tertiary/aromatic N) is 3. The molecule has 5 rings (SSSR count). The molecule has 2 fully saturated rings. The van der Waals surface area contributed by atoms with Gasteiger partial charge in [0, 0.05) is 31.2 Å². The first-order valence-corrected chi connectivity index (χ1v) is 12.3. The number of carbonyl (C=O) groups is 1. The van der Waals surface area contributed by atoms with Gasteiger partial charge in [0.25, 0.3) is 5.56 Å². The van der Waals surface area contributed by atoms with Gasteiger partial charge in [-0.1, -0.05) is 12.8 Å². The largest absolute Gasteiger partial charge is 0.332 e. The molecule has 1 atom stereocenters. The summed E-state index contributed by atoms with van der Waals surface area (Å²) in [4.78, 5) is 38.4. The molecule has 2 aliphatic heterocycles. The minimum Gasteiger partial charge on any atom is -0.332 e. The van der Waals surface area contributed by atoms with Crippen LogP contribution in [0.4, 0.5) is 0 Å². The average Bonchev–Trinajstić information content (AvgIpc) is 3.48. The number of piperidine rings is 1. The van der Waals surface area contributed by atoms with Crippen LogP contribution in [0.3, 0.4) is 0 Å². The summed E-state index contributed by atoms with van der Waals surface area (Å²) in [5.74, 6) is 0.816. The van der Waals surface area contributed by atoms with Crippen LogP contribution in [0.15, 0.2) is 21.6 Å². The number of likely N-dealkylation sites (tertiary alicyclic amines) is 1. The number of nitrogens with one attached hydrogen (secondary N) is 1. The molecule has 1 N–H and O–H groups in total. The predicted octanol–water partition coefficient (Wildman–Crippen LogP) is 3.43. The van der Waals surface area contributed by atoms with Crippen LogP contribution >= 0.6 is 11.3 Å². The number of amides is 1. The third-order valence-electron chi connectivity index (χ3n) is 7.04. The molecule has 2 aromatic heterocycles. The fraction of sp³-hybridized carbons (Fsp3) is 0.609. The molecule has 0 unspecified atom stereocenters. The van der Waals surface area contributed by atoms with Gasteiger partial charge >= 0.3 is 0 Å².